The summed E-state index contributed by atoms with van der Waals surface area (Å²) in [6.45, 7) is 3.68. The average Bonchev–Trinajstić information content (AvgIpc) is 3.26. The van der Waals surface area contributed by atoms with E-state index in [1.54, 1.807) is 12.4 Å². The fraction of sp³-hybridized carbons (Fsp3) is 0.316. The zero-order chi connectivity index (χ0) is 17.5. The molecule has 3 rings (SSSR count). The molecule has 0 atom stereocenters. The summed E-state index contributed by atoms with van der Waals surface area (Å²) in [7, 11) is 0. The standard InChI is InChI=1S/C19H23N5O/c1-2-3-4-13-24-14-9-18(22-24)21-19(25)17-6-5-12-23(17)15-16-7-10-20-11-8-16/h5-12,14H,2-4,13,15H2,1H3,(H,21,22,25). The molecule has 25 heavy (non-hydrogen) atoms. The molecule has 0 aliphatic heterocycles. The van der Waals surface area contributed by atoms with Crippen LogP contribution in [0.1, 0.15) is 42.2 Å². The molecule has 3 aromatic heterocycles. The first-order valence-corrected chi connectivity index (χ1v) is 8.65. The number of carbonyl (C=O) groups is 1. The molecule has 0 aromatic carbocycles. The molecule has 0 saturated carbocycles. The first-order valence-electron chi connectivity index (χ1n) is 8.65. The molecular formula is C19H23N5O. The quantitative estimate of drug-likeness (QED) is 0.639. The number of hydrogen-bond donors (Lipinski definition) is 1. The largest absolute Gasteiger partial charge is 0.339 e. The lowest BCUT2D eigenvalue weighted by Gasteiger charge is -2.09. The van der Waals surface area contributed by atoms with Crippen molar-refractivity contribution in [1.82, 2.24) is 19.3 Å². The van der Waals surface area contributed by atoms with Crippen LogP contribution in [0.4, 0.5) is 5.82 Å². The number of rotatable bonds is 8. The molecule has 0 radical (unpaired) electrons. The summed E-state index contributed by atoms with van der Waals surface area (Å²) in [5.41, 5.74) is 1.71. The van der Waals surface area contributed by atoms with Crippen LogP contribution in [0, 0.1) is 0 Å². The molecule has 0 unspecified atom stereocenters. The highest BCUT2D eigenvalue weighted by Gasteiger charge is 2.12. The Morgan fingerprint density at radius 2 is 1.96 bits per heavy atom. The summed E-state index contributed by atoms with van der Waals surface area (Å²) in [6.07, 6.45) is 10.8. The number of anilines is 1. The Balaban J connectivity index is 1.63. The maximum absolute atomic E-state index is 12.6. The Hall–Kier alpha value is -2.89. The van der Waals surface area contributed by atoms with Crippen LogP contribution in [0.2, 0.25) is 0 Å². The van der Waals surface area contributed by atoms with Gasteiger partial charge in [-0.05, 0) is 36.2 Å². The van der Waals surface area contributed by atoms with Crippen LogP contribution >= 0.6 is 0 Å². The van der Waals surface area contributed by atoms with E-state index in [0.717, 1.165) is 18.5 Å². The average molecular weight is 337 g/mol. The number of nitrogens with zero attached hydrogens (tertiary/aromatic N) is 4. The van der Waals surface area contributed by atoms with Crippen LogP contribution in [-0.4, -0.2) is 25.2 Å². The highest BCUT2D eigenvalue weighted by atomic mass is 16.2. The van der Waals surface area contributed by atoms with Crippen LogP contribution < -0.4 is 5.32 Å². The van der Waals surface area contributed by atoms with Gasteiger partial charge in [-0.2, -0.15) is 5.10 Å². The van der Waals surface area contributed by atoms with Gasteiger partial charge >= 0.3 is 0 Å². The summed E-state index contributed by atoms with van der Waals surface area (Å²) in [5.74, 6) is 0.427. The SMILES string of the molecule is CCCCCn1ccc(NC(=O)c2cccn2Cc2ccncc2)n1. The van der Waals surface area contributed by atoms with Crippen LogP contribution in [-0.2, 0) is 13.1 Å². The van der Waals surface area contributed by atoms with Crippen molar-refractivity contribution >= 4 is 11.7 Å². The maximum atomic E-state index is 12.6. The molecular weight excluding hydrogens is 314 g/mol. The van der Waals surface area contributed by atoms with Gasteiger partial charge in [0.25, 0.3) is 5.91 Å². The number of hydrogen-bond acceptors (Lipinski definition) is 3. The third-order valence-corrected chi connectivity index (χ3v) is 4.04. The Kier molecular flexibility index (Phi) is 5.61. The number of aryl methyl sites for hydroxylation is 1. The van der Waals surface area contributed by atoms with Gasteiger partial charge in [0.15, 0.2) is 5.82 Å². The van der Waals surface area contributed by atoms with Crippen molar-refractivity contribution < 1.29 is 4.79 Å². The minimum absolute atomic E-state index is 0.155. The first-order chi connectivity index (χ1) is 12.3. The second-order valence-electron chi connectivity index (χ2n) is 6.00. The molecule has 6 heteroatoms. The molecule has 0 aliphatic carbocycles. The highest BCUT2D eigenvalue weighted by molar-refractivity contribution is 6.02. The topological polar surface area (TPSA) is 64.7 Å². The van der Waals surface area contributed by atoms with Crippen LogP contribution in [0.25, 0.3) is 0 Å². The summed E-state index contributed by atoms with van der Waals surface area (Å²) < 4.78 is 3.80. The number of pyridine rings is 1. The fourth-order valence-corrected chi connectivity index (χ4v) is 2.70. The monoisotopic (exact) mass is 337 g/mol. The number of aromatic nitrogens is 4. The summed E-state index contributed by atoms with van der Waals surface area (Å²) in [4.78, 5) is 16.6. The van der Waals surface area contributed by atoms with Gasteiger partial charge in [-0.25, -0.2) is 0 Å². The summed E-state index contributed by atoms with van der Waals surface area (Å²) in [5, 5.41) is 7.29. The lowest BCUT2D eigenvalue weighted by Crippen LogP contribution is -2.17. The molecule has 3 aromatic rings. The lowest BCUT2D eigenvalue weighted by molar-refractivity contribution is 0.101. The number of carbonyl (C=O) groups excluding carboxylic acids is 1. The van der Waals surface area contributed by atoms with E-state index in [0.29, 0.717) is 18.1 Å². The van der Waals surface area contributed by atoms with Gasteiger partial charge in [0.05, 0.1) is 0 Å². The zero-order valence-electron chi connectivity index (χ0n) is 14.4. The third-order valence-electron chi connectivity index (χ3n) is 4.04. The number of nitrogens with one attached hydrogen (secondary N) is 1. The van der Waals surface area contributed by atoms with E-state index in [4.69, 9.17) is 0 Å². The van der Waals surface area contributed by atoms with Crippen molar-refractivity contribution in [2.24, 2.45) is 0 Å². The van der Waals surface area contributed by atoms with Gasteiger partial charge in [0.1, 0.15) is 5.69 Å². The van der Waals surface area contributed by atoms with Gasteiger partial charge in [-0.1, -0.05) is 19.8 Å². The number of unbranched alkanes of at least 4 members (excludes halogenated alkanes) is 2. The van der Waals surface area contributed by atoms with E-state index < -0.39 is 0 Å². The van der Waals surface area contributed by atoms with E-state index in [2.05, 4.69) is 22.3 Å². The molecule has 3 heterocycles. The first kappa shape index (κ1) is 17.0. The third kappa shape index (κ3) is 4.56. The van der Waals surface area contributed by atoms with Gasteiger partial charge in [0.2, 0.25) is 0 Å². The molecule has 0 saturated heterocycles. The molecule has 6 nitrogen and oxygen atoms in total. The van der Waals surface area contributed by atoms with Crippen molar-refractivity contribution in [2.75, 3.05) is 5.32 Å². The molecule has 0 aliphatic rings. The zero-order valence-corrected chi connectivity index (χ0v) is 14.4. The van der Waals surface area contributed by atoms with Crippen LogP contribution in [0.15, 0.2) is 55.1 Å². The normalized spacial score (nSPS) is 10.8. The predicted octanol–water partition coefficient (Wildman–Crippen LogP) is 3.57. The minimum Gasteiger partial charge on any atom is -0.339 e. The second kappa shape index (κ2) is 8.28. The van der Waals surface area contributed by atoms with E-state index in [1.807, 2.05) is 52.0 Å². The van der Waals surface area contributed by atoms with Gasteiger partial charge in [-0.3, -0.25) is 14.5 Å². The predicted molar refractivity (Wildman–Crippen MR) is 97.5 cm³/mol. The Bertz CT molecular complexity index is 806. The summed E-state index contributed by atoms with van der Waals surface area (Å²) >= 11 is 0. The molecule has 0 bridgehead atoms. The molecule has 130 valence electrons. The van der Waals surface area contributed by atoms with Crippen molar-refractivity contribution in [3.05, 3.63) is 66.4 Å². The van der Waals surface area contributed by atoms with E-state index >= 15 is 0 Å². The van der Waals surface area contributed by atoms with Crippen molar-refractivity contribution in [1.29, 1.82) is 0 Å². The minimum atomic E-state index is -0.155. The second-order valence-corrected chi connectivity index (χ2v) is 6.00. The Morgan fingerprint density at radius 3 is 2.76 bits per heavy atom. The van der Waals surface area contributed by atoms with Crippen molar-refractivity contribution in [2.45, 2.75) is 39.3 Å². The lowest BCUT2D eigenvalue weighted by atomic mass is 10.2. The summed E-state index contributed by atoms with van der Waals surface area (Å²) in [6, 6.07) is 9.41. The van der Waals surface area contributed by atoms with Crippen LogP contribution in [0.5, 0.6) is 0 Å². The van der Waals surface area contributed by atoms with E-state index in [-0.39, 0.29) is 5.91 Å². The maximum Gasteiger partial charge on any atom is 0.273 e. The van der Waals surface area contributed by atoms with Crippen molar-refractivity contribution in [3.63, 3.8) is 0 Å². The molecule has 1 N–H and O–H groups in total. The van der Waals surface area contributed by atoms with Gasteiger partial charge < -0.3 is 9.88 Å². The smallest absolute Gasteiger partial charge is 0.273 e. The Morgan fingerprint density at radius 1 is 1.12 bits per heavy atom. The van der Waals surface area contributed by atoms with E-state index in [1.165, 1.54) is 12.8 Å². The molecule has 1 amide bonds. The number of amides is 1. The highest BCUT2D eigenvalue weighted by Crippen LogP contribution is 2.11. The van der Waals surface area contributed by atoms with Gasteiger partial charge in [-0.15, -0.1) is 0 Å². The van der Waals surface area contributed by atoms with Crippen LogP contribution in [0.3, 0.4) is 0 Å². The van der Waals surface area contributed by atoms with Crippen molar-refractivity contribution in [3.8, 4) is 0 Å². The van der Waals surface area contributed by atoms with E-state index in [9.17, 15) is 4.79 Å². The van der Waals surface area contributed by atoms with Gasteiger partial charge in [0, 0.05) is 43.9 Å². The Labute approximate surface area is 147 Å². The molecule has 0 fully saturated rings. The fourth-order valence-electron chi connectivity index (χ4n) is 2.70. The molecule has 0 spiro atoms.